The van der Waals surface area contributed by atoms with Gasteiger partial charge < -0.3 is 14.8 Å². The predicted molar refractivity (Wildman–Crippen MR) is 87.0 cm³/mol. The Bertz CT molecular complexity index is 681. The maximum absolute atomic E-state index is 11.9. The lowest BCUT2D eigenvalue weighted by Crippen LogP contribution is -2.37. The van der Waals surface area contributed by atoms with E-state index >= 15 is 0 Å². The zero-order chi connectivity index (χ0) is 16.4. The van der Waals surface area contributed by atoms with Gasteiger partial charge in [0.05, 0.1) is 18.2 Å². The monoisotopic (exact) mass is 314 g/mol. The van der Waals surface area contributed by atoms with Gasteiger partial charge in [-0.15, -0.1) is 0 Å². The minimum atomic E-state index is 0.00588. The van der Waals surface area contributed by atoms with E-state index in [9.17, 15) is 4.79 Å². The number of fused-ring (bicyclic) bond motifs is 1. The average Bonchev–Trinajstić information content (AvgIpc) is 2.91. The van der Waals surface area contributed by atoms with E-state index in [2.05, 4.69) is 36.7 Å². The molecule has 0 saturated carbocycles. The smallest absolute Gasteiger partial charge is 0.226 e. The number of hydrogen-bond acceptors (Lipinski definition) is 5. The largest absolute Gasteiger partial charge is 0.354 e. The zero-order valence-corrected chi connectivity index (χ0v) is 13.7. The maximum atomic E-state index is 11.9. The number of carbonyl (C=O) groups excluding carboxylic acids is 1. The molecule has 7 nitrogen and oxygen atoms in total. The van der Waals surface area contributed by atoms with E-state index in [4.69, 9.17) is 0 Å². The summed E-state index contributed by atoms with van der Waals surface area (Å²) in [6.45, 7) is 7.64. The molecular weight excluding hydrogens is 292 g/mol. The first-order chi connectivity index (χ1) is 11.0. The second-order valence-corrected chi connectivity index (χ2v) is 6.10. The number of aromatic nitrogens is 4. The van der Waals surface area contributed by atoms with Gasteiger partial charge in [-0.05, 0) is 26.8 Å². The Labute approximate surface area is 135 Å². The maximum Gasteiger partial charge on any atom is 0.226 e. The van der Waals surface area contributed by atoms with Gasteiger partial charge in [0, 0.05) is 37.7 Å². The number of amides is 1. The van der Waals surface area contributed by atoms with Crippen molar-refractivity contribution in [3.05, 3.63) is 36.2 Å². The standard InChI is InChI=1S/C16H22N6O/c1-11(2)19-14(23)9-13-10-21-7-8-22(12(3)15(21)20-13)16-17-5-4-6-18-16/h4-6,10-12H,7-9H2,1-3H3,(H,19,23)/t12-/m0/s1. The molecule has 1 aliphatic rings. The molecule has 122 valence electrons. The lowest BCUT2D eigenvalue weighted by Gasteiger charge is -2.33. The number of rotatable bonds is 4. The molecule has 0 spiro atoms. The molecule has 1 atom stereocenters. The van der Waals surface area contributed by atoms with E-state index in [1.807, 2.05) is 26.1 Å². The summed E-state index contributed by atoms with van der Waals surface area (Å²) in [5.41, 5.74) is 0.806. The summed E-state index contributed by atoms with van der Waals surface area (Å²) < 4.78 is 2.13. The Morgan fingerprint density at radius 2 is 2.09 bits per heavy atom. The molecule has 3 rings (SSSR count). The third kappa shape index (κ3) is 3.33. The van der Waals surface area contributed by atoms with Gasteiger partial charge in [0.25, 0.3) is 0 Å². The summed E-state index contributed by atoms with van der Waals surface area (Å²) >= 11 is 0. The minimum absolute atomic E-state index is 0.00588. The molecule has 0 aliphatic carbocycles. The van der Waals surface area contributed by atoms with Crippen LogP contribution in [0.3, 0.4) is 0 Å². The zero-order valence-electron chi connectivity index (χ0n) is 13.7. The van der Waals surface area contributed by atoms with Crippen LogP contribution in [0.2, 0.25) is 0 Å². The van der Waals surface area contributed by atoms with Crippen molar-refractivity contribution >= 4 is 11.9 Å². The predicted octanol–water partition coefficient (Wildman–Crippen LogP) is 1.32. The fourth-order valence-electron chi connectivity index (χ4n) is 2.88. The molecule has 2 aromatic heterocycles. The summed E-state index contributed by atoms with van der Waals surface area (Å²) in [5.74, 6) is 1.68. The van der Waals surface area contributed by atoms with Crippen LogP contribution in [0, 0.1) is 0 Å². The lowest BCUT2D eigenvalue weighted by molar-refractivity contribution is -0.120. The topological polar surface area (TPSA) is 75.9 Å². The van der Waals surface area contributed by atoms with Crippen LogP contribution in [-0.4, -0.2) is 38.0 Å². The van der Waals surface area contributed by atoms with Crippen LogP contribution in [0.15, 0.2) is 24.7 Å². The summed E-state index contributed by atoms with van der Waals surface area (Å²) in [4.78, 5) is 27.4. The van der Waals surface area contributed by atoms with Crippen molar-refractivity contribution in [2.75, 3.05) is 11.4 Å². The van der Waals surface area contributed by atoms with E-state index in [1.54, 1.807) is 12.4 Å². The van der Waals surface area contributed by atoms with Crippen molar-refractivity contribution in [2.45, 2.75) is 45.8 Å². The van der Waals surface area contributed by atoms with E-state index in [0.29, 0.717) is 12.4 Å². The number of imidazole rings is 1. The highest BCUT2D eigenvalue weighted by Crippen LogP contribution is 2.27. The third-order valence-electron chi connectivity index (χ3n) is 3.88. The van der Waals surface area contributed by atoms with Gasteiger partial charge in [0.1, 0.15) is 5.82 Å². The summed E-state index contributed by atoms with van der Waals surface area (Å²) in [6, 6.07) is 2.03. The second-order valence-electron chi connectivity index (χ2n) is 6.10. The average molecular weight is 314 g/mol. The van der Waals surface area contributed by atoms with E-state index in [1.165, 1.54) is 0 Å². The van der Waals surface area contributed by atoms with Crippen LogP contribution in [-0.2, 0) is 17.8 Å². The van der Waals surface area contributed by atoms with Crippen LogP contribution in [0.5, 0.6) is 0 Å². The highest BCUT2D eigenvalue weighted by Gasteiger charge is 2.28. The van der Waals surface area contributed by atoms with Crippen LogP contribution in [0.25, 0.3) is 0 Å². The molecule has 0 unspecified atom stereocenters. The molecule has 0 bridgehead atoms. The molecule has 0 aromatic carbocycles. The fourth-order valence-corrected chi connectivity index (χ4v) is 2.88. The van der Waals surface area contributed by atoms with E-state index in [0.717, 1.165) is 24.6 Å². The van der Waals surface area contributed by atoms with Crippen LogP contribution >= 0.6 is 0 Å². The van der Waals surface area contributed by atoms with E-state index < -0.39 is 0 Å². The van der Waals surface area contributed by atoms with Crippen molar-refractivity contribution in [3.63, 3.8) is 0 Å². The van der Waals surface area contributed by atoms with Crippen LogP contribution in [0.1, 0.15) is 38.3 Å². The van der Waals surface area contributed by atoms with Crippen LogP contribution in [0.4, 0.5) is 5.95 Å². The molecule has 0 saturated heterocycles. The Kier molecular flexibility index (Phi) is 4.27. The fraction of sp³-hybridized carbons (Fsp3) is 0.500. The molecular formula is C16H22N6O. The quantitative estimate of drug-likeness (QED) is 0.921. The molecule has 7 heteroatoms. The van der Waals surface area contributed by atoms with Crippen molar-refractivity contribution < 1.29 is 4.79 Å². The third-order valence-corrected chi connectivity index (χ3v) is 3.88. The SMILES string of the molecule is CC(C)NC(=O)Cc1cn2c(n1)[C@H](C)N(c1ncccn1)CC2. The van der Waals surface area contributed by atoms with Gasteiger partial charge in [-0.3, -0.25) is 4.79 Å². The molecule has 0 fully saturated rings. The number of anilines is 1. The normalized spacial score (nSPS) is 17.2. The molecule has 1 aliphatic heterocycles. The minimum Gasteiger partial charge on any atom is -0.354 e. The first-order valence-corrected chi connectivity index (χ1v) is 7.93. The molecule has 0 radical (unpaired) electrons. The second kappa shape index (κ2) is 6.36. The molecule has 1 N–H and O–H groups in total. The lowest BCUT2D eigenvalue weighted by atomic mass is 10.2. The summed E-state index contributed by atoms with van der Waals surface area (Å²) in [5, 5.41) is 2.90. The van der Waals surface area contributed by atoms with Gasteiger partial charge in [-0.25, -0.2) is 15.0 Å². The van der Waals surface area contributed by atoms with Gasteiger partial charge in [-0.2, -0.15) is 0 Å². The first kappa shape index (κ1) is 15.5. The van der Waals surface area contributed by atoms with Gasteiger partial charge in [0.15, 0.2) is 0 Å². The van der Waals surface area contributed by atoms with Crippen molar-refractivity contribution in [1.82, 2.24) is 24.8 Å². The Morgan fingerprint density at radius 1 is 1.35 bits per heavy atom. The van der Waals surface area contributed by atoms with Crippen molar-refractivity contribution in [3.8, 4) is 0 Å². The number of nitrogens with zero attached hydrogens (tertiary/aromatic N) is 5. The van der Waals surface area contributed by atoms with E-state index in [-0.39, 0.29) is 18.0 Å². The summed E-state index contributed by atoms with van der Waals surface area (Å²) in [7, 11) is 0. The Morgan fingerprint density at radius 3 is 2.78 bits per heavy atom. The Hall–Kier alpha value is -2.44. The van der Waals surface area contributed by atoms with Gasteiger partial charge in [0.2, 0.25) is 11.9 Å². The number of carbonyl (C=O) groups is 1. The highest BCUT2D eigenvalue weighted by molar-refractivity contribution is 5.78. The molecule has 2 aromatic rings. The molecule has 3 heterocycles. The van der Waals surface area contributed by atoms with Gasteiger partial charge in [-0.1, -0.05) is 0 Å². The van der Waals surface area contributed by atoms with Crippen molar-refractivity contribution in [2.24, 2.45) is 0 Å². The van der Waals surface area contributed by atoms with Gasteiger partial charge >= 0.3 is 0 Å². The number of hydrogen-bond donors (Lipinski definition) is 1. The Balaban J connectivity index is 1.77. The number of nitrogens with one attached hydrogen (secondary N) is 1. The summed E-state index contributed by atoms with van der Waals surface area (Å²) in [6.07, 6.45) is 5.79. The first-order valence-electron chi connectivity index (χ1n) is 7.93. The van der Waals surface area contributed by atoms with Crippen molar-refractivity contribution in [1.29, 1.82) is 0 Å². The highest BCUT2D eigenvalue weighted by atomic mass is 16.1. The van der Waals surface area contributed by atoms with Crippen LogP contribution < -0.4 is 10.2 Å². The molecule has 23 heavy (non-hydrogen) atoms. The molecule has 1 amide bonds.